The number of carbonyl (C=O) groups excluding carboxylic acids is 2. The molecular formula is C17H20N2O2S2. The number of hydrogen-bond acceptors (Lipinski definition) is 4. The summed E-state index contributed by atoms with van der Waals surface area (Å²) in [7, 11) is 0. The molecule has 0 saturated carbocycles. The predicted molar refractivity (Wildman–Crippen MR) is 96.9 cm³/mol. The van der Waals surface area contributed by atoms with Gasteiger partial charge in [-0.1, -0.05) is 36.4 Å². The zero-order valence-corrected chi connectivity index (χ0v) is 14.6. The molecule has 1 aromatic heterocycles. The summed E-state index contributed by atoms with van der Waals surface area (Å²) in [6.45, 7) is 2.76. The van der Waals surface area contributed by atoms with Crippen molar-refractivity contribution >= 4 is 34.9 Å². The summed E-state index contributed by atoms with van der Waals surface area (Å²) in [6.07, 6.45) is 0. The average Bonchev–Trinajstić information content (AvgIpc) is 3.11. The zero-order chi connectivity index (χ0) is 16.5. The first kappa shape index (κ1) is 17.6. The van der Waals surface area contributed by atoms with Crippen molar-refractivity contribution in [2.24, 2.45) is 0 Å². The largest absolute Gasteiger partial charge is 0.353 e. The number of carbonyl (C=O) groups is 2. The SMILES string of the molecule is C[C@H](SCc1ccccc1)C(=O)NCCNC(=O)c1cccs1. The van der Waals surface area contributed by atoms with E-state index in [-0.39, 0.29) is 17.1 Å². The molecule has 2 aromatic rings. The van der Waals surface area contributed by atoms with E-state index in [0.29, 0.717) is 18.0 Å². The molecule has 0 aliphatic heterocycles. The highest BCUT2D eigenvalue weighted by Gasteiger charge is 2.13. The Labute approximate surface area is 144 Å². The fourth-order valence-corrected chi connectivity index (χ4v) is 3.38. The first-order valence-electron chi connectivity index (χ1n) is 7.42. The van der Waals surface area contributed by atoms with E-state index in [9.17, 15) is 9.59 Å². The Hall–Kier alpha value is -1.79. The molecule has 0 bridgehead atoms. The van der Waals surface area contributed by atoms with Crippen molar-refractivity contribution in [3.05, 3.63) is 58.3 Å². The van der Waals surface area contributed by atoms with Gasteiger partial charge in [-0.05, 0) is 23.9 Å². The Kier molecular flexibility index (Phi) is 7.16. The Morgan fingerprint density at radius 2 is 1.83 bits per heavy atom. The lowest BCUT2D eigenvalue weighted by Gasteiger charge is -2.12. The van der Waals surface area contributed by atoms with Gasteiger partial charge in [-0.3, -0.25) is 9.59 Å². The fraction of sp³-hybridized carbons (Fsp3) is 0.294. The molecule has 23 heavy (non-hydrogen) atoms. The van der Waals surface area contributed by atoms with Crippen LogP contribution in [0.5, 0.6) is 0 Å². The monoisotopic (exact) mass is 348 g/mol. The van der Waals surface area contributed by atoms with E-state index in [4.69, 9.17) is 0 Å². The highest BCUT2D eigenvalue weighted by Crippen LogP contribution is 2.17. The molecular weight excluding hydrogens is 328 g/mol. The van der Waals surface area contributed by atoms with Crippen molar-refractivity contribution in [2.45, 2.75) is 17.9 Å². The van der Waals surface area contributed by atoms with Crippen LogP contribution >= 0.6 is 23.1 Å². The van der Waals surface area contributed by atoms with Crippen LogP contribution in [-0.4, -0.2) is 30.2 Å². The Balaban J connectivity index is 1.61. The molecule has 1 atom stereocenters. The lowest BCUT2D eigenvalue weighted by Crippen LogP contribution is -2.37. The van der Waals surface area contributed by atoms with Gasteiger partial charge in [-0.25, -0.2) is 0 Å². The standard InChI is InChI=1S/C17H20N2O2S2/c1-13(23-12-14-6-3-2-4-7-14)16(20)18-9-10-19-17(21)15-8-5-11-22-15/h2-8,11,13H,9-10,12H2,1H3,(H,18,20)(H,19,21)/t13-/m0/s1. The molecule has 0 fully saturated rings. The second-order valence-corrected chi connectivity index (χ2v) is 7.24. The molecule has 122 valence electrons. The minimum Gasteiger partial charge on any atom is -0.353 e. The second-order valence-electron chi connectivity index (χ2n) is 4.96. The van der Waals surface area contributed by atoms with Crippen LogP contribution in [-0.2, 0) is 10.5 Å². The maximum atomic E-state index is 12.0. The molecule has 1 aromatic carbocycles. The molecule has 2 N–H and O–H groups in total. The lowest BCUT2D eigenvalue weighted by molar-refractivity contribution is -0.120. The van der Waals surface area contributed by atoms with Crippen LogP contribution in [0, 0.1) is 0 Å². The maximum Gasteiger partial charge on any atom is 0.261 e. The molecule has 2 rings (SSSR count). The lowest BCUT2D eigenvalue weighted by atomic mass is 10.2. The number of nitrogens with one attached hydrogen (secondary N) is 2. The minimum absolute atomic E-state index is 0.00342. The molecule has 0 radical (unpaired) electrons. The summed E-state index contributed by atoms with van der Waals surface area (Å²) in [4.78, 5) is 24.4. The molecule has 4 nitrogen and oxygen atoms in total. The highest BCUT2D eigenvalue weighted by atomic mass is 32.2. The molecule has 0 unspecified atom stereocenters. The highest BCUT2D eigenvalue weighted by molar-refractivity contribution is 7.99. The van der Waals surface area contributed by atoms with E-state index in [1.807, 2.05) is 36.6 Å². The van der Waals surface area contributed by atoms with E-state index >= 15 is 0 Å². The van der Waals surface area contributed by atoms with Crippen LogP contribution in [0.4, 0.5) is 0 Å². The Morgan fingerprint density at radius 3 is 2.52 bits per heavy atom. The van der Waals surface area contributed by atoms with Gasteiger partial charge in [0, 0.05) is 18.8 Å². The van der Waals surface area contributed by atoms with Gasteiger partial charge in [0.1, 0.15) is 0 Å². The summed E-state index contributed by atoms with van der Waals surface area (Å²) in [6, 6.07) is 13.7. The zero-order valence-electron chi connectivity index (χ0n) is 13.0. The van der Waals surface area contributed by atoms with Crippen LogP contribution < -0.4 is 10.6 Å². The van der Waals surface area contributed by atoms with Gasteiger partial charge in [0.05, 0.1) is 10.1 Å². The summed E-state index contributed by atoms with van der Waals surface area (Å²) >= 11 is 3.00. The molecule has 0 saturated heterocycles. The van der Waals surface area contributed by atoms with E-state index in [2.05, 4.69) is 22.8 Å². The number of benzene rings is 1. The van der Waals surface area contributed by atoms with E-state index in [0.717, 1.165) is 5.75 Å². The molecule has 1 heterocycles. The van der Waals surface area contributed by atoms with Crippen molar-refractivity contribution in [3.8, 4) is 0 Å². The third-order valence-electron chi connectivity index (χ3n) is 3.17. The van der Waals surface area contributed by atoms with Gasteiger partial charge in [0.2, 0.25) is 5.91 Å². The molecule has 0 aliphatic rings. The predicted octanol–water partition coefficient (Wildman–Crippen LogP) is 2.92. The van der Waals surface area contributed by atoms with Crippen molar-refractivity contribution in [3.63, 3.8) is 0 Å². The van der Waals surface area contributed by atoms with Crippen LogP contribution in [0.25, 0.3) is 0 Å². The summed E-state index contributed by atoms with van der Waals surface area (Å²) in [5.41, 5.74) is 1.21. The first-order valence-corrected chi connectivity index (χ1v) is 9.34. The topological polar surface area (TPSA) is 58.2 Å². The van der Waals surface area contributed by atoms with Crippen molar-refractivity contribution in [2.75, 3.05) is 13.1 Å². The Bertz CT molecular complexity index is 615. The summed E-state index contributed by atoms with van der Waals surface area (Å²) in [5, 5.41) is 7.38. The molecule has 2 amide bonds. The number of rotatable bonds is 8. The quantitative estimate of drug-likeness (QED) is 0.721. The maximum absolute atomic E-state index is 12.0. The normalized spacial score (nSPS) is 11.7. The van der Waals surface area contributed by atoms with Gasteiger partial charge in [-0.15, -0.1) is 23.1 Å². The molecule has 0 spiro atoms. The van der Waals surface area contributed by atoms with E-state index in [1.165, 1.54) is 16.9 Å². The molecule has 0 aliphatic carbocycles. The summed E-state index contributed by atoms with van der Waals surface area (Å²) < 4.78 is 0. The summed E-state index contributed by atoms with van der Waals surface area (Å²) in [5.74, 6) is 0.710. The van der Waals surface area contributed by atoms with Crippen molar-refractivity contribution < 1.29 is 9.59 Å². The number of thioether (sulfide) groups is 1. The van der Waals surface area contributed by atoms with E-state index in [1.54, 1.807) is 17.8 Å². The van der Waals surface area contributed by atoms with Gasteiger partial charge in [-0.2, -0.15) is 0 Å². The second kappa shape index (κ2) is 9.37. The number of amides is 2. The first-order chi connectivity index (χ1) is 11.2. The van der Waals surface area contributed by atoms with E-state index < -0.39 is 0 Å². The van der Waals surface area contributed by atoms with Gasteiger partial charge in [0.25, 0.3) is 5.91 Å². The third-order valence-corrected chi connectivity index (χ3v) is 5.25. The van der Waals surface area contributed by atoms with Crippen LogP contribution in [0.15, 0.2) is 47.8 Å². The molecule has 6 heteroatoms. The van der Waals surface area contributed by atoms with Crippen molar-refractivity contribution in [1.29, 1.82) is 0 Å². The van der Waals surface area contributed by atoms with Crippen LogP contribution in [0.1, 0.15) is 22.2 Å². The van der Waals surface area contributed by atoms with Gasteiger partial charge < -0.3 is 10.6 Å². The Morgan fingerprint density at radius 1 is 1.09 bits per heavy atom. The number of hydrogen-bond donors (Lipinski definition) is 2. The smallest absolute Gasteiger partial charge is 0.261 e. The number of thiophene rings is 1. The van der Waals surface area contributed by atoms with Gasteiger partial charge >= 0.3 is 0 Å². The van der Waals surface area contributed by atoms with Crippen molar-refractivity contribution in [1.82, 2.24) is 10.6 Å². The van der Waals surface area contributed by atoms with Crippen LogP contribution in [0.3, 0.4) is 0 Å². The van der Waals surface area contributed by atoms with Gasteiger partial charge in [0.15, 0.2) is 0 Å². The minimum atomic E-state index is -0.122. The third kappa shape index (κ3) is 6.08. The fourth-order valence-electron chi connectivity index (χ4n) is 1.87. The average molecular weight is 348 g/mol. The van der Waals surface area contributed by atoms with Crippen LogP contribution in [0.2, 0.25) is 0 Å².